The third-order valence-corrected chi connectivity index (χ3v) is 2.84. The van der Waals surface area contributed by atoms with Crippen molar-refractivity contribution >= 4 is 17.3 Å². The standard InChI is InChI=1S/C12H15ClF3NO2/c1-8(19)9-2-3-11(10(13)6-9)17(4-5-18)7-12(14,15)16/h2-3,6,8,18-19H,4-5,7H2,1H3. The molecule has 0 radical (unpaired) electrons. The molecule has 0 aliphatic heterocycles. The first-order valence-electron chi connectivity index (χ1n) is 5.64. The maximum absolute atomic E-state index is 12.4. The van der Waals surface area contributed by atoms with Gasteiger partial charge in [-0.15, -0.1) is 0 Å². The lowest BCUT2D eigenvalue weighted by atomic mass is 10.1. The molecule has 0 aliphatic carbocycles. The van der Waals surface area contributed by atoms with Gasteiger partial charge in [0.15, 0.2) is 0 Å². The lowest BCUT2D eigenvalue weighted by Gasteiger charge is -2.26. The molecule has 0 aromatic heterocycles. The van der Waals surface area contributed by atoms with Crippen molar-refractivity contribution < 1.29 is 23.4 Å². The molecule has 1 rings (SSSR count). The highest BCUT2D eigenvalue weighted by atomic mass is 35.5. The van der Waals surface area contributed by atoms with E-state index in [-0.39, 0.29) is 17.3 Å². The lowest BCUT2D eigenvalue weighted by molar-refractivity contribution is -0.119. The van der Waals surface area contributed by atoms with Crippen LogP contribution in [-0.2, 0) is 0 Å². The number of aliphatic hydroxyl groups is 2. The molecule has 0 heterocycles. The Morgan fingerprint density at radius 1 is 1.37 bits per heavy atom. The van der Waals surface area contributed by atoms with Crippen molar-refractivity contribution in [3.63, 3.8) is 0 Å². The van der Waals surface area contributed by atoms with Crippen molar-refractivity contribution in [1.82, 2.24) is 0 Å². The second kappa shape index (κ2) is 6.45. The molecule has 0 fully saturated rings. The van der Waals surface area contributed by atoms with E-state index in [0.717, 1.165) is 4.90 Å². The Balaban J connectivity index is 3.02. The topological polar surface area (TPSA) is 43.7 Å². The van der Waals surface area contributed by atoms with Crippen LogP contribution in [-0.4, -0.2) is 36.1 Å². The molecule has 0 saturated carbocycles. The maximum atomic E-state index is 12.4. The first kappa shape index (κ1) is 16.1. The molecule has 1 atom stereocenters. The number of hydrogen-bond donors (Lipinski definition) is 2. The second-order valence-electron chi connectivity index (χ2n) is 4.15. The third-order valence-electron chi connectivity index (χ3n) is 2.53. The number of rotatable bonds is 5. The lowest BCUT2D eigenvalue weighted by Crippen LogP contribution is -2.36. The molecule has 1 aromatic carbocycles. The van der Waals surface area contributed by atoms with Gasteiger partial charge in [-0.2, -0.15) is 13.2 Å². The largest absolute Gasteiger partial charge is 0.405 e. The van der Waals surface area contributed by atoms with Gasteiger partial charge in [-0.25, -0.2) is 0 Å². The Morgan fingerprint density at radius 3 is 2.42 bits per heavy atom. The SMILES string of the molecule is CC(O)c1ccc(N(CCO)CC(F)(F)F)c(Cl)c1. The van der Waals surface area contributed by atoms with Gasteiger partial charge in [0.2, 0.25) is 0 Å². The number of aliphatic hydroxyl groups excluding tert-OH is 2. The molecule has 108 valence electrons. The fraction of sp³-hybridized carbons (Fsp3) is 0.500. The number of anilines is 1. The molecule has 2 N–H and O–H groups in total. The number of alkyl halides is 3. The van der Waals surface area contributed by atoms with E-state index in [1.165, 1.54) is 25.1 Å². The zero-order valence-corrected chi connectivity index (χ0v) is 11.0. The van der Waals surface area contributed by atoms with Crippen molar-refractivity contribution in [3.8, 4) is 0 Å². The molecular formula is C12H15ClF3NO2. The van der Waals surface area contributed by atoms with E-state index in [4.69, 9.17) is 16.7 Å². The molecule has 0 saturated heterocycles. The van der Waals surface area contributed by atoms with Gasteiger partial charge >= 0.3 is 6.18 Å². The minimum Gasteiger partial charge on any atom is -0.395 e. The Morgan fingerprint density at radius 2 is 2.00 bits per heavy atom. The van der Waals surface area contributed by atoms with Crippen molar-refractivity contribution in [2.45, 2.75) is 19.2 Å². The van der Waals surface area contributed by atoms with Gasteiger partial charge in [0.25, 0.3) is 0 Å². The number of halogens is 4. The summed E-state index contributed by atoms with van der Waals surface area (Å²) in [6.45, 7) is -0.244. The normalized spacial score (nSPS) is 13.4. The van der Waals surface area contributed by atoms with E-state index in [2.05, 4.69) is 0 Å². The molecule has 0 aliphatic rings. The Bertz CT molecular complexity index is 424. The molecule has 7 heteroatoms. The Hall–Kier alpha value is -0.980. The highest BCUT2D eigenvalue weighted by Crippen LogP contribution is 2.31. The quantitative estimate of drug-likeness (QED) is 0.878. The summed E-state index contributed by atoms with van der Waals surface area (Å²) in [5.74, 6) is 0. The summed E-state index contributed by atoms with van der Waals surface area (Å²) in [6, 6.07) is 4.33. The van der Waals surface area contributed by atoms with Crippen LogP contribution in [0.1, 0.15) is 18.6 Å². The minimum absolute atomic E-state index is 0.108. The monoisotopic (exact) mass is 297 g/mol. The fourth-order valence-electron chi connectivity index (χ4n) is 1.66. The van der Waals surface area contributed by atoms with Crippen molar-refractivity contribution in [2.75, 3.05) is 24.6 Å². The van der Waals surface area contributed by atoms with Gasteiger partial charge in [0, 0.05) is 6.54 Å². The van der Waals surface area contributed by atoms with E-state index in [9.17, 15) is 18.3 Å². The van der Waals surface area contributed by atoms with Crippen LogP contribution in [0.3, 0.4) is 0 Å². The molecule has 0 bridgehead atoms. The van der Waals surface area contributed by atoms with Crippen LogP contribution in [0.25, 0.3) is 0 Å². The minimum atomic E-state index is -4.39. The first-order valence-corrected chi connectivity index (χ1v) is 6.02. The van der Waals surface area contributed by atoms with Gasteiger partial charge in [0.05, 0.1) is 23.4 Å². The first-order chi connectivity index (χ1) is 8.74. The predicted octanol–water partition coefficient (Wildman–Crippen LogP) is 2.75. The highest BCUT2D eigenvalue weighted by molar-refractivity contribution is 6.33. The summed E-state index contributed by atoms with van der Waals surface area (Å²) in [5.41, 5.74) is 0.696. The number of hydrogen-bond acceptors (Lipinski definition) is 3. The van der Waals surface area contributed by atoms with Crippen LogP contribution in [0.15, 0.2) is 18.2 Å². The highest BCUT2D eigenvalue weighted by Gasteiger charge is 2.31. The van der Waals surface area contributed by atoms with Gasteiger partial charge in [-0.3, -0.25) is 0 Å². The van der Waals surface area contributed by atoms with E-state index in [1.54, 1.807) is 0 Å². The summed E-state index contributed by atoms with van der Waals surface area (Å²) in [7, 11) is 0. The fourth-order valence-corrected chi connectivity index (χ4v) is 1.97. The zero-order chi connectivity index (χ0) is 14.6. The van der Waals surface area contributed by atoms with E-state index < -0.39 is 25.4 Å². The predicted molar refractivity (Wildman–Crippen MR) is 67.4 cm³/mol. The van der Waals surface area contributed by atoms with Crippen molar-refractivity contribution in [3.05, 3.63) is 28.8 Å². The van der Waals surface area contributed by atoms with E-state index in [1.807, 2.05) is 0 Å². The van der Waals surface area contributed by atoms with Crippen LogP contribution in [0.2, 0.25) is 5.02 Å². The van der Waals surface area contributed by atoms with E-state index >= 15 is 0 Å². The van der Waals surface area contributed by atoms with E-state index in [0.29, 0.717) is 5.56 Å². The third kappa shape index (κ3) is 4.89. The molecule has 0 spiro atoms. The average Bonchev–Trinajstić information content (AvgIpc) is 2.26. The summed E-state index contributed by atoms with van der Waals surface area (Å²) >= 11 is 5.93. The molecule has 1 unspecified atom stereocenters. The average molecular weight is 298 g/mol. The Kier molecular flexibility index (Phi) is 5.46. The molecular weight excluding hydrogens is 283 g/mol. The summed E-state index contributed by atoms with van der Waals surface area (Å²) in [6.07, 6.45) is -5.14. The Labute approximate surface area is 114 Å². The van der Waals surface area contributed by atoms with Crippen LogP contribution >= 0.6 is 11.6 Å². The maximum Gasteiger partial charge on any atom is 0.405 e. The molecule has 19 heavy (non-hydrogen) atoms. The van der Waals surface area contributed by atoms with Gasteiger partial charge < -0.3 is 15.1 Å². The number of nitrogens with zero attached hydrogens (tertiary/aromatic N) is 1. The van der Waals surface area contributed by atoms with Crippen molar-refractivity contribution in [1.29, 1.82) is 0 Å². The van der Waals surface area contributed by atoms with Crippen LogP contribution in [0.5, 0.6) is 0 Å². The summed E-state index contributed by atoms with van der Waals surface area (Å²) in [4.78, 5) is 0.953. The smallest absolute Gasteiger partial charge is 0.395 e. The second-order valence-corrected chi connectivity index (χ2v) is 4.55. The zero-order valence-electron chi connectivity index (χ0n) is 10.3. The summed E-state index contributed by atoms with van der Waals surface area (Å²) < 4.78 is 37.3. The number of benzene rings is 1. The summed E-state index contributed by atoms with van der Waals surface area (Å²) in [5, 5.41) is 18.3. The van der Waals surface area contributed by atoms with Gasteiger partial charge in [-0.1, -0.05) is 17.7 Å². The van der Waals surface area contributed by atoms with Crippen LogP contribution in [0.4, 0.5) is 18.9 Å². The van der Waals surface area contributed by atoms with Crippen LogP contribution in [0, 0.1) is 0 Å². The molecule has 0 amide bonds. The van der Waals surface area contributed by atoms with Gasteiger partial charge in [0.1, 0.15) is 6.54 Å². The van der Waals surface area contributed by atoms with Crippen molar-refractivity contribution in [2.24, 2.45) is 0 Å². The van der Waals surface area contributed by atoms with Gasteiger partial charge in [-0.05, 0) is 24.6 Å². The van der Waals surface area contributed by atoms with Crippen LogP contribution < -0.4 is 4.90 Å². The molecule has 3 nitrogen and oxygen atoms in total. The molecule has 1 aromatic rings.